The van der Waals surface area contributed by atoms with Gasteiger partial charge in [-0.2, -0.15) is 0 Å². The van der Waals surface area contributed by atoms with Crippen molar-refractivity contribution in [2.24, 2.45) is 0 Å². The SMILES string of the molecule is CCCNCCCS(=O)(=O)Nc1ccc(F)c(Br)c1. The van der Waals surface area contributed by atoms with E-state index in [4.69, 9.17) is 0 Å². The van der Waals surface area contributed by atoms with Crippen LogP contribution < -0.4 is 10.0 Å². The van der Waals surface area contributed by atoms with Crippen molar-refractivity contribution in [3.8, 4) is 0 Å². The normalized spacial score (nSPS) is 11.5. The third-order valence-electron chi connectivity index (χ3n) is 2.39. The molecule has 0 amide bonds. The largest absolute Gasteiger partial charge is 0.317 e. The first-order valence-corrected chi connectivity index (χ1v) is 8.55. The summed E-state index contributed by atoms with van der Waals surface area (Å²) in [6, 6.07) is 4.01. The van der Waals surface area contributed by atoms with Gasteiger partial charge in [-0.05, 0) is 60.1 Å². The van der Waals surface area contributed by atoms with Crippen LogP contribution in [-0.4, -0.2) is 27.3 Å². The Morgan fingerprint density at radius 2 is 2.05 bits per heavy atom. The minimum absolute atomic E-state index is 0.0404. The van der Waals surface area contributed by atoms with E-state index in [0.29, 0.717) is 18.7 Å². The average molecular weight is 353 g/mol. The monoisotopic (exact) mass is 352 g/mol. The van der Waals surface area contributed by atoms with E-state index in [-0.39, 0.29) is 10.2 Å². The fourth-order valence-corrected chi connectivity index (χ4v) is 2.97. The van der Waals surface area contributed by atoms with Gasteiger partial charge in [0.15, 0.2) is 0 Å². The molecule has 1 rings (SSSR count). The van der Waals surface area contributed by atoms with Gasteiger partial charge in [-0.25, -0.2) is 12.8 Å². The van der Waals surface area contributed by atoms with Crippen LogP contribution in [0.25, 0.3) is 0 Å². The molecule has 0 aliphatic rings. The summed E-state index contributed by atoms with van der Waals surface area (Å²) >= 11 is 3.01. The van der Waals surface area contributed by atoms with Crippen molar-refractivity contribution in [1.29, 1.82) is 0 Å². The van der Waals surface area contributed by atoms with Crippen molar-refractivity contribution in [3.05, 3.63) is 28.5 Å². The molecular formula is C12H18BrFN2O2S. The van der Waals surface area contributed by atoms with Gasteiger partial charge in [-0.15, -0.1) is 0 Å². The van der Waals surface area contributed by atoms with Gasteiger partial charge in [0, 0.05) is 5.69 Å². The summed E-state index contributed by atoms with van der Waals surface area (Å²) in [5.74, 6) is -0.384. The molecule has 108 valence electrons. The van der Waals surface area contributed by atoms with E-state index < -0.39 is 15.8 Å². The van der Waals surface area contributed by atoms with Crippen molar-refractivity contribution in [3.63, 3.8) is 0 Å². The maximum atomic E-state index is 13.0. The molecule has 0 heterocycles. The number of benzene rings is 1. The van der Waals surface area contributed by atoms with Crippen molar-refractivity contribution < 1.29 is 12.8 Å². The van der Waals surface area contributed by atoms with Gasteiger partial charge >= 0.3 is 0 Å². The molecule has 7 heteroatoms. The molecule has 0 spiro atoms. The molecule has 0 bridgehead atoms. The predicted octanol–water partition coefficient (Wildman–Crippen LogP) is 2.72. The molecule has 19 heavy (non-hydrogen) atoms. The lowest BCUT2D eigenvalue weighted by Crippen LogP contribution is -2.22. The first-order valence-electron chi connectivity index (χ1n) is 6.11. The van der Waals surface area contributed by atoms with Crippen LogP contribution in [-0.2, 0) is 10.0 Å². The number of hydrogen-bond acceptors (Lipinski definition) is 3. The number of sulfonamides is 1. The van der Waals surface area contributed by atoms with E-state index >= 15 is 0 Å². The summed E-state index contributed by atoms with van der Waals surface area (Å²) in [4.78, 5) is 0. The van der Waals surface area contributed by atoms with Gasteiger partial charge in [0.2, 0.25) is 10.0 Å². The second-order valence-electron chi connectivity index (χ2n) is 4.15. The molecule has 0 saturated carbocycles. The van der Waals surface area contributed by atoms with Gasteiger partial charge in [-0.1, -0.05) is 6.92 Å². The number of anilines is 1. The lowest BCUT2D eigenvalue weighted by atomic mass is 10.3. The van der Waals surface area contributed by atoms with Gasteiger partial charge in [0.05, 0.1) is 10.2 Å². The highest BCUT2D eigenvalue weighted by Gasteiger charge is 2.11. The fraction of sp³-hybridized carbons (Fsp3) is 0.500. The van der Waals surface area contributed by atoms with E-state index in [0.717, 1.165) is 13.0 Å². The van der Waals surface area contributed by atoms with E-state index in [1.54, 1.807) is 0 Å². The van der Waals surface area contributed by atoms with Gasteiger partial charge in [0.1, 0.15) is 5.82 Å². The smallest absolute Gasteiger partial charge is 0.232 e. The Balaban J connectivity index is 2.47. The molecule has 2 N–H and O–H groups in total. The number of halogens is 2. The van der Waals surface area contributed by atoms with Gasteiger partial charge in [-0.3, -0.25) is 4.72 Å². The zero-order valence-electron chi connectivity index (χ0n) is 10.7. The van der Waals surface area contributed by atoms with Crippen LogP contribution in [0.15, 0.2) is 22.7 Å². The quantitative estimate of drug-likeness (QED) is 0.707. The Bertz CT molecular complexity index is 508. The molecule has 0 aromatic heterocycles. The van der Waals surface area contributed by atoms with Crippen LogP contribution in [0, 0.1) is 5.82 Å². The average Bonchev–Trinajstić information content (AvgIpc) is 2.33. The summed E-state index contributed by atoms with van der Waals surface area (Å²) in [5.41, 5.74) is 0.356. The van der Waals surface area contributed by atoms with Crippen molar-refractivity contribution in [2.75, 3.05) is 23.6 Å². The summed E-state index contributed by atoms with van der Waals surface area (Å²) in [6.45, 7) is 3.61. The maximum absolute atomic E-state index is 13.0. The van der Waals surface area contributed by atoms with E-state index in [9.17, 15) is 12.8 Å². The Hall–Kier alpha value is -0.660. The molecule has 0 aliphatic heterocycles. The maximum Gasteiger partial charge on any atom is 0.232 e. The molecule has 0 atom stereocenters. The van der Waals surface area contributed by atoms with Crippen LogP contribution in [0.2, 0.25) is 0 Å². The molecule has 1 aromatic rings. The van der Waals surface area contributed by atoms with E-state index in [1.807, 2.05) is 0 Å². The Morgan fingerprint density at radius 1 is 1.32 bits per heavy atom. The minimum Gasteiger partial charge on any atom is -0.317 e. The van der Waals surface area contributed by atoms with E-state index in [2.05, 4.69) is 32.9 Å². The summed E-state index contributed by atoms with van der Waals surface area (Å²) in [6.07, 6.45) is 1.56. The fourth-order valence-electron chi connectivity index (χ4n) is 1.48. The molecule has 0 aliphatic carbocycles. The lowest BCUT2D eigenvalue weighted by molar-refractivity contribution is 0.593. The van der Waals surface area contributed by atoms with Crippen molar-refractivity contribution >= 4 is 31.6 Å². The Morgan fingerprint density at radius 3 is 2.68 bits per heavy atom. The standard InChI is InChI=1S/C12H18BrFN2O2S/c1-2-6-15-7-3-8-19(17,18)16-10-4-5-12(14)11(13)9-10/h4-5,9,15-16H,2-3,6-8H2,1H3. The third kappa shape index (κ3) is 6.35. The number of hydrogen-bond donors (Lipinski definition) is 2. The van der Waals surface area contributed by atoms with Crippen LogP contribution in [0.4, 0.5) is 10.1 Å². The highest BCUT2D eigenvalue weighted by molar-refractivity contribution is 9.10. The minimum atomic E-state index is -3.38. The molecule has 0 unspecified atom stereocenters. The summed E-state index contributed by atoms with van der Waals surface area (Å²) in [7, 11) is -3.38. The van der Waals surface area contributed by atoms with Gasteiger partial charge in [0.25, 0.3) is 0 Å². The highest BCUT2D eigenvalue weighted by Crippen LogP contribution is 2.20. The molecule has 4 nitrogen and oxygen atoms in total. The molecule has 0 saturated heterocycles. The first-order chi connectivity index (χ1) is 8.94. The van der Waals surface area contributed by atoms with Crippen molar-refractivity contribution in [1.82, 2.24) is 5.32 Å². The van der Waals surface area contributed by atoms with Crippen LogP contribution in [0.1, 0.15) is 19.8 Å². The van der Waals surface area contributed by atoms with Gasteiger partial charge < -0.3 is 5.32 Å². The molecule has 0 radical (unpaired) electrons. The Kier molecular flexibility index (Phi) is 6.74. The predicted molar refractivity (Wildman–Crippen MR) is 79.3 cm³/mol. The zero-order chi connectivity index (χ0) is 14.3. The second-order valence-corrected chi connectivity index (χ2v) is 6.85. The van der Waals surface area contributed by atoms with Crippen LogP contribution >= 0.6 is 15.9 Å². The number of nitrogens with one attached hydrogen (secondary N) is 2. The van der Waals surface area contributed by atoms with Crippen molar-refractivity contribution in [2.45, 2.75) is 19.8 Å². The number of rotatable bonds is 8. The molecule has 0 fully saturated rings. The second kappa shape index (κ2) is 7.81. The third-order valence-corrected chi connectivity index (χ3v) is 4.37. The van der Waals surface area contributed by atoms with E-state index in [1.165, 1.54) is 18.2 Å². The summed E-state index contributed by atoms with van der Waals surface area (Å²) < 4.78 is 39.2. The molecule has 1 aromatic carbocycles. The zero-order valence-corrected chi connectivity index (χ0v) is 13.2. The topological polar surface area (TPSA) is 58.2 Å². The first kappa shape index (κ1) is 16.4. The lowest BCUT2D eigenvalue weighted by Gasteiger charge is -2.09. The molecular weight excluding hydrogens is 335 g/mol. The van der Waals surface area contributed by atoms with Crippen LogP contribution in [0.3, 0.4) is 0 Å². The summed E-state index contributed by atoms with van der Waals surface area (Å²) in [5, 5.41) is 3.14. The Labute approximate surface area is 122 Å². The van der Waals surface area contributed by atoms with Crippen LogP contribution in [0.5, 0.6) is 0 Å². The highest BCUT2D eigenvalue weighted by atomic mass is 79.9.